The minimum absolute atomic E-state index is 0.0100. The molecule has 1 aliphatic rings. The fourth-order valence-electron chi connectivity index (χ4n) is 2.49. The summed E-state index contributed by atoms with van der Waals surface area (Å²) in [5.74, 6) is 0.477. The molecule has 104 valence electrons. The molecule has 4 heteroatoms. The molecule has 1 saturated heterocycles. The van der Waals surface area contributed by atoms with Gasteiger partial charge in [0.25, 0.3) is 5.91 Å². The van der Waals surface area contributed by atoms with E-state index in [9.17, 15) is 4.79 Å². The predicted octanol–water partition coefficient (Wildman–Crippen LogP) is 2.44. The van der Waals surface area contributed by atoms with E-state index in [1.165, 1.54) is 25.9 Å². The molecule has 0 aliphatic carbocycles. The number of hydrogen-bond donors (Lipinski definition) is 2. The lowest BCUT2D eigenvalue weighted by atomic mass is 10.1. The van der Waals surface area contributed by atoms with Crippen LogP contribution in [0.4, 0.5) is 0 Å². The van der Waals surface area contributed by atoms with Gasteiger partial charge in [-0.2, -0.15) is 0 Å². The van der Waals surface area contributed by atoms with Crippen LogP contribution < -0.4 is 5.32 Å². The molecule has 1 aliphatic heterocycles. The van der Waals surface area contributed by atoms with Crippen molar-refractivity contribution in [3.63, 3.8) is 0 Å². The summed E-state index contributed by atoms with van der Waals surface area (Å²) < 4.78 is 0. The predicted molar refractivity (Wildman–Crippen MR) is 80.9 cm³/mol. The van der Waals surface area contributed by atoms with E-state index in [1.807, 2.05) is 18.2 Å². The van der Waals surface area contributed by atoms with Crippen LogP contribution in [0.1, 0.15) is 30.1 Å². The molecule has 1 heterocycles. The van der Waals surface area contributed by atoms with E-state index in [-0.39, 0.29) is 5.91 Å². The Morgan fingerprint density at radius 1 is 1.42 bits per heavy atom. The molecule has 2 rings (SSSR count). The number of nitrogens with zero attached hydrogens (tertiary/aromatic N) is 1. The van der Waals surface area contributed by atoms with Crippen LogP contribution in [-0.2, 0) is 0 Å². The third-order valence-corrected chi connectivity index (χ3v) is 3.77. The number of nitrogens with one attached hydrogen (secondary N) is 1. The van der Waals surface area contributed by atoms with E-state index < -0.39 is 0 Å². The average Bonchev–Trinajstić information content (AvgIpc) is 2.88. The maximum Gasteiger partial charge on any atom is 0.251 e. The number of carbonyl (C=O) groups excluding carboxylic acids is 1. The first kappa shape index (κ1) is 14.4. The number of hydrogen-bond acceptors (Lipinski definition) is 3. The fraction of sp³-hybridized carbons (Fsp3) is 0.533. The van der Waals surface area contributed by atoms with Crippen LogP contribution in [0.3, 0.4) is 0 Å². The highest BCUT2D eigenvalue weighted by molar-refractivity contribution is 7.80. The van der Waals surface area contributed by atoms with Gasteiger partial charge in [0.05, 0.1) is 0 Å². The SMILES string of the molecule is CC(CNC(=O)c1cccc(S)c1)CN1CCCC1. The summed E-state index contributed by atoms with van der Waals surface area (Å²) in [4.78, 5) is 15.3. The number of likely N-dealkylation sites (tertiary alicyclic amines) is 1. The monoisotopic (exact) mass is 278 g/mol. The zero-order valence-electron chi connectivity index (χ0n) is 11.4. The van der Waals surface area contributed by atoms with Gasteiger partial charge in [-0.25, -0.2) is 0 Å². The van der Waals surface area contributed by atoms with Crippen molar-refractivity contribution >= 4 is 18.5 Å². The molecule has 1 N–H and O–H groups in total. The van der Waals surface area contributed by atoms with Gasteiger partial charge in [-0.3, -0.25) is 4.79 Å². The summed E-state index contributed by atoms with van der Waals surface area (Å²) in [7, 11) is 0. The number of carbonyl (C=O) groups is 1. The Balaban J connectivity index is 1.76. The second-order valence-electron chi connectivity index (χ2n) is 5.37. The van der Waals surface area contributed by atoms with Gasteiger partial charge in [-0.05, 0) is 50.0 Å². The van der Waals surface area contributed by atoms with Crippen LogP contribution in [0.25, 0.3) is 0 Å². The van der Waals surface area contributed by atoms with Crippen LogP contribution in [-0.4, -0.2) is 37.0 Å². The standard InChI is InChI=1S/C15H22N2OS/c1-12(11-17-7-2-3-8-17)10-16-15(18)13-5-4-6-14(19)9-13/h4-6,9,12,19H,2-3,7-8,10-11H2,1H3,(H,16,18). The van der Waals surface area contributed by atoms with Crippen molar-refractivity contribution in [1.29, 1.82) is 0 Å². The Hall–Kier alpha value is -1.00. The van der Waals surface area contributed by atoms with Gasteiger partial charge in [0.2, 0.25) is 0 Å². The highest BCUT2D eigenvalue weighted by Crippen LogP contribution is 2.11. The second-order valence-corrected chi connectivity index (χ2v) is 5.89. The number of benzene rings is 1. The summed E-state index contributed by atoms with van der Waals surface area (Å²) in [6, 6.07) is 7.34. The first-order valence-corrected chi connectivity index (χ1v) is 7.39. The molecule has 1 atom stereocenters. The van der Waals surface area contributed by atoms with Crippen molar-refractivity contribution in [3.05, 3.63) is 29.8 Å². The molecule has 3 nitrogen and oxygen atoms in total. The largest absolute Gasteiger partial charge is 0.352 e. The molecule has 1 unspecified atom stereocenters. The van der Waals surface area contributed by atoms with E-state index in [0.29, 0.717) is 11.5 Å². The highest BCUT2D eigenvalue weighted by atomic mass is 32.1. The molecule has 0 spiro atoms. The quantitative estimate of drug-likeness (QED) is 0.811. The van der Waals surface area contributed by atoms with Gasteiger partial charge in [0, 0.05) is 23.5 Å². The molecule has 0 saturated carbocycles. The van der Waals surface area contributed by atoms with Crippen LogP contribution in [0, 0.1) is 5.92 Å². The van der Waals surface area contributed by atoms with E-state index in [1.54, 1.807) is 6.07 Å². The smallest absolute Gasteiger partial charge is 0.251 e. The van der Waals surface area contributed by atoms with Gasteiger partial charge in [-0.15, -0.1) is 12.6 Å². The number of thiol groups is 1. The zero-order chi connectivity index (χ0) is 13.7. The van der Waals surface area contributed by atoms with Gasteiger partial charge < -0.3 is 10.2 Å². The Bertz CT molecular complexity index is 430. The molecule has 1 amide bonds. The molecule has 1 fully saturated rings. The van der Waals surface area contributed by atoms with Crippen LogP contribution >= 0.6 is 12.6 Å². The van der Waals surface area contributed by atoms with Crippen molar-refractivity contribution < 1.29 is 4.79 Å². The van der Waals surface area contributed by atoms with E-state index >= 15 is 0 Å². The average molecular weight is 278 g/mol. The van der Waals surface area contributed by atoms with Crippen molar-refractivity contribution in [3.8, 4) is 0 Å². The third-order valence-electron chi connectivity index (χ3n) is 3.49. The van der Waals surface area contributed by atoms with Gasteiger partial charge in [0.15, 0.2) is 0 Å². The highest BCUT2D eigenvalue weighted by Gasteiger charge is 2.15. The fourth-order valence-corrected chi connectivity index (χ4v) is 2.71. The second kappa shape index (κ2) is 6.96. The summed E-state index contributed by atoms with van der Waals surface area (Å²) in [6.07, 6.45) is 2.63. The van der Waals surface area contributed by atoms with E-state index in [0.717, 1.165) is 18.0 Å². The van der Waals surface area contributed by atoms with Crippen LogP contribution in [0.5, 0.6) is 0 Å². The van der Waals surface area contributed by atoms with Crippen molar-refractivity contribution in [2.24, 2.45) is 5.92 Å². The minimum atomic E-state index is -0.0100. The molecule has 1 aromatic carbocycles. The maximum absolute atomic E-state index is 12.0. The lowest BCUT2D eigenvalue weighted by Gasteiger charge is -2.20. The van der Waals surface area contributed by atoms with E-state index in [4.69, 9.17) is 0 Å². The van der Waals surface area contributed by atoms with E-state index in [2.05, 4.69) is 29.8 Å². The lowest BCUT2D eigenvalue weighted by Crippen LogP contribution is -2.34. The lowest BCUT2D eigenvalue weighted by molar-refractivity contribution is 0.0945. The normalized spacial score (nSPS) is 17.4. The van der Waals surface area contributed by atoms with Crippen LogP contribution in [0.2, 0.25) is 0 Å². The third kappa shape index (κ3) is 4.55. The summed E-state index contributed by atoms with van der Waals surface area (Å²) in [5.41, 5.74) is 0.681. The topological polar surface area (TPSA) is 32.3 Å². The molecule has 0 aromatic heterocycles. The minimum Gasteiger partial charge on any atom is -0.352 e. The molecule has 1 aromatic rings. The van der Waals surface area contributed by atoms with Crippen molar-refractivity contribution in [1.82, 2.24) is 10.2 Å². The summed E-state index contributed by atoms with van der Waals surface area (Å²) in [6.45, 7) is 6.41. The number of rotatable bonds is 5. The van der Waals surface area contributed by atoms with Crippen LogP contribution in [0.15, 0.2) is 29.2 Å². The maximum atomic E-state index is 12.0. The molecule has 0 radical (unpaired) electrons. The Labute approximate surface area is 120 Å². The first-order chi connectivity index (χ1) is 9.15. The Kier molecular flexibility index (Phi) is 5.28. The van der Waals surface area contributed by atoms with Gasteiger partial charge in [-0.1, -0.05) is 13.0 Å². The van der Waals surface area contributed by atoms with Gasteiger partial charge in [0.1, 0.15) is 0 Å². The van der Waals surface area contributed by atoms with Gasteiger partial charge >= 0.3 is 0 Å². The number of amides is 1. The Morgan fingerprint density at radius 3 is 2.84 bits per heavy atom. The molecular formula is C15H22N2OS. The molecule has 19 heavy (non-hydrogen) atoms. The van der Waals surface area contributed by atoms with Crippen molar-refractivity contribution in [2.45, 2.75) is 24.7 Å². The molecular weight excluding hydrogens is 256 g/mol. The summed E-state index contributed by atoms with van der Waals surface area (Å²) >= 11 is 4.25. The Morgan fingerprint density at radius 2 is 2.16 bits per heavy atom. The molecule has 0 bridgehead atoms. The summed E-state index contributed by atoms with van der Waals surface area (Å²) in [5, 5.41) is 3.00. The first-order valence-electron chi connectivity index (χ1n) is 6.95. The zero-order valence-corrected chi connectivity index (χ0v) is 12.3. The van der Waals surface area contributed by atoms with Crippen molar-refractivity contribution in [2.75, 3.05) is 26.2 Å².